The number of hydrogen-bond donors (Lipinski definition) is 1. The number of hydrogen-bond acceptors (Lipinski definition) is 2. The molecule has 0 amide bonds. The Labute approximate surface area is 107 Å². The second-order valence-corrected chi connectivity index (χ2v) is 4.56. The van der Waals surface area contributed by atoms with Crippen LogP contribution in [0.25, 0.3) is 0 Å². The monoisotopic (exact) mass is 237 g/mol. The molecular weight excluding hydrogens is 222 g/mol. The molecule has 0 aromatic heterocycles. The number of nitriles is 1. The smallest absolute Gasteiger partial charge is 0.104 e. The van der Waals surface area contributed by atoms with E-state index in [-0.39, 0.29) is 0 Å². The van der Waals surface area contributed by atoms with Crippen molar-refractivity contribution in [3.05, 3.63) is 70.3 Å². The Hall–Kier alpha value is -2.11. The van der Waals surface area contributed by atoms with E-state index in [2.05, 4.69) is 12.1 Å². The van der Waals surface area contributed by atoms with E-state index in [1.807, 2.05) is 32.0 Å². The van der Waals surface area contributed by atoms with Crippen molar-refractivity contribution in [3.8, 4) is 6.07 Å². The number of rotatable bonds is 2. The Morgan fingerprint density at radius 3 is 2.28 bits per heavy atom. The lowest BCUT2D eigenvalue weighted by atomic mass is 9.97. The van der Waals surface area contributed by atoms with Crippen molar-refractivity contribution in [2.75, 3.05) is 0 Å². The summed E-state index contributed by atoms with van der Waals surface area (Å²) in [5.41, 5.74) is 4.43. The molecule has 2 aromatic rings. The molecular formula is C16H15NO. The summed E-state index contributed by atoms with van der Waals surface area (Å²) in [4.78, 5) is 0. The van der Waals surface area contributed by atoms with Gasteiger partial charge in [0.05, 0.1) is 11.6 Å². The summed E-state index contributed by atoms with van der Waals surface area (Å²) in [7, 11) is 0. The average molecular weight is 237 g/mol. The second-order valence-electron chi connectivity index (χ2n) is 4.56. The Morgan fingerprint density at radius 2 is 1.67 bits per heavy atom. The molecule has 1 N–H and O–H groups in total. The van der Waals surface area contributed by atoms with Crippen LogP contribution in [0.3, 0.4) is 0 Å². The van der Waals surface area contributed by atoms with Gasteiger partial charge in [-0.25, -0.2) is 0 Å². The van der Waals surface area contributed by atoms with Crippen LogP contribution in [-0.2, 0) is 0 Å². The van der Waals surface area contributed by atoms with Crippen LogP contribution < -0.4 is 0 Å². The first kappa shape index (κ1) is 12.3. The molecule has 0 saturated heterocycles. The Bertz CT molecular complexity index is 590. The van der Waals surface area contributed by atoms with Crippen LogP contribution in [-0.4, -0.2) is 5.11 Å². The molecule has 2 nitrogen and oxygen atoms in total. The SMILES string of the molecule is Cc1cc(C)cc(C(O)c2cccc(C#N)c2)c1. The summed E-state index contributed by atoms with van der Waals surface area (Å²) >= 11 is 0. The van der Waals surface area contributed by atoms with Crippen molar-refractivity contribution >= 4 is 0 Å². The van der Waals surface area contributed by atoms with Crippen molar-refractivity contribution in [1.29, 1.82) is 5.26 Å². The molecule has 0 aliphatic rings. The first-order valence-corrected chi connectivity index (χ1v) is 5.86. The van der Waals surface area contributed by atoms with Gasteiger partial charge in [-0.2, -0.15) is 5.26 Å². The summed E-state index contributed by atoms with van der Waals surface area (Å²) in [5, 5.41) is 19.2. The second kappa shape index (κ2) is 5.03. The van der Waals surface area contributed by atoms with Gasteiger partial charge < -0.3 is 5.11 Å². The summed E-state index contributed by atoms with van der Waals surface area (Å²) in [6.07, 6.45) is -0.683. The predicted molar refractivity (Wildman–Crippen MR) is 71.1 cm³/mol. The minimum absolute atomic E-state index is 0.566. The van der Waals surface area contributed by atoms with E-state index >= 15 is 0 Å². The molecule has 2 rings (SSSR count). The summed E-state index contributed by atoms with van der Waals surface area (Å²) in [6, 6.07) is 15.2. The molecule has 1 unspecified atom stereocenters. The van der Waals surface area contributed by atoms with E-state index < -0.39 is 6.10 Å². The van der Waals surface area contributed by atoms with Gasteiger partial charge in [0.2, 0.25) is 0 Å². The van der Waals surface area contributed by atoms with Crippen LogP contribution >= 0.6 is 0 Å². The average Bonchev–Trinajstić information content (AvgIpc) is 2.37. The molecule has 2 aromatic carbocycles. The van der Waals surface area contributed by atoms with E-state index in [0.717, 1.165) is 22.3 Å². The maximum Gasteiger partial charge on any atom is 0.104 e. The van der Waals surface area contributed by atoms with Crippen LogP contribution in [0.4, 0.5) is 0 Å². The van der Waals surface area contributed by atoms with E-state index in [1.165, 1.54) is 0 Å². The number of aliphatic hydroxyl groups is 1. The van der Waals surface area contributed by atoms with E-state index in [9.17, 15) is 5.11 Å². The van der Waals surface area contributed by atoms with Gasteiger partial charge in [0.25, 0.3) is 0 Å². The summed E-state index contributed by atoms with van der Waals surface area (Å²) in [6.45, 7) is 4.02. The first-order chi connectivity index (χ1) is 8.60. The van der Waals surface area contributed by atoms with Gasteiger partial charge in [0, 0.05) is 0 Å². The molecule has 90 valence electrons. The van der Waals surface area contributed by atoms with Gasteiger partial charge in [-0.3, -0.25) is 0 Å². The topological polar surface area (TPSA) is 44.0 Å². The third-order valence-corrected chi connectivity index (χ3v) is 2.89. The fourth-order valence-corrected chi connectivity index (χ4v) is 2.14. The zero-order chi connectivity index (χ0) is 13.1. The van der Waals surface area contributed by atoms with Gasteiger partial charge in [-0.1, -0.05) is 41.5 Å². The zero-order valence-electron chi connectivity index (χ0n) is 10.5. The van der Waals surface area contributed by atoms with Crippen molar-refractivity contribution in [3.63, 3.8) is 0 Å². The lowest BCUT2D eigenvalue weighted by Crippen LogP contribution is -2.01. The highest BCUT2D eigenvalue weighted by Crippen LogP contribution is 2.24. The number of aryl methyl sites for hydroxylation is 2. The lowest BCUT2D eigenvalue weighted by molar-refractivity contribution is 0.220. The first-order valence-electron chi connectivity index (χ1n) is 5.86. The Morgan fingerprint density at radius 1 is 1.00 bits per heavy atom. The molecule has 0 radical (unpaired) electrons. The quantitative estimate of drug-likeness (QED) is 0.871. The zero-order valence-corrected chi connectivity index (χ0v) is 10.5. The molecule has 0 saturated carbocycles. The number of benzene rings is 2. The predicted octanol–water partition coefficient (Wildman–Crippen LogP) is 3.26. The van der Waals surface area contributed by atoms with Crippen molar-refractivity contribution in [2.45, 2.75) is 20.0 Å². The number of nitrogens with zero attached hydrogens (tertiary/aromatic N) is 1. The normalized spacial score (nSPS) is 11.9. The highest BCUT2D eigenvalue weighted by atomic mass is 16.3. The van der Waals surface area contributed by atoms with E-state index in [4.69, 9.17) is 5.26 Å². The molecule has 0 fully saturated rings. The minimum Gasteiger partial charge on any atom is -0.384 e. The van der Waals surface area contributed by atoms with E-state index in [0.29, 0.717) is 5.56 Å². The minimum atomic E-state index is -0.683. The van der Waals surface area contributed by atoms with E-state index in [1.54, 1.807) is 18.2 Å². The van der Waals surface area contributed by atoms with Gasteiger partial charge in [-0.15, -0.1) is 0 Å². The molecule has 0 spiro atoms. The molecule has 0 heterocycles. The fourth-order valence-electron chi connectivity index (χ4n) is 2.14. The van der Waals surface area contributed by atoms with Gasteiger partial charge in [0.1, 0.15) is 6.10 Å². The lowest BCUT2D eigenvalue weighted by Gasteiger charge is -2.13. The highest BCUT2D eigenvalue weighted by molar-refractivity contribution is 5.39. The van der Waals surface area contributed by atoms with Crippen LogP contribution in [0.1, 0.15) is 33.9 Å². The summed E-state index contributed by atoms with van der Waals surface area (Å²) in [5.74, 6) is 0. The maximum atomic E-state index is 10.4. The van der Waals surface area contributed by atoms with Crippen LogP contribution in [0, 0.1) is 25.2 Å². The van der Waals surface area contributed by atoms with Gasteiger partial charge in [-0.05, 0) is 37.1 Å². The van der Waals surface area contributed by atoms with Crippen molar-refractivity contribution in [2.24, 2.45) is 0 Å². The van der Waals surface area contributed by atoms with Crippen molar-refractivity contribution < 1.29 is 5.11 Å². The van der Waals surface area contributed by atoms with Crippen LogP contribution in [0.5, 0.6) is 0 Å². The molecule has 2 heteroatoms. The van der Waals surface area contributed by atoms with Crippen LogP contribution in [0.15, 0.2) is 42.5 Å². The standard InChI is InChI=1S/C16H15NO/c1-11-6-12(2)8-15(7-11)16(18)14-5-3-4-13(9-14)10-17/h3-9,16,18H,1-2H3. The van der Waals surface area contributed by atoms with Crippen molar-refractivity contribution in [1.82, 2.24) is 0 Å². The summed E-state index contributed by atoms with van der Waals surface area (Å²) < 4.78 is 0. The Kier molecular flexibility index (Phi) is 3.45. The van der Waals surface area contributed by atoms with Crippen LogP contribution in [0.2, 0.25) is 0 Å². The molecule has 0 aliphatic heterocycles. The van der Waals surface area contributed by atoms with Gasteiger partial charge >= 0.3 is 0 Å². The third-order valence-electron chi connectivity index (χ3n) is 2.89. The molecule has 0 bridgehead atoms. The number of aliphatic hydroxyl groups excluding tert-OH is 1. The molecule has 18 heavy (non-hydrogen) atoms. The van der Waals surface area contributed by atoms with Gasteiger partial charge in [0.15, 0.2) is 0 Å². The molecule has 1 atom stereocenters. The fraction of sp³-hybridized carbons (Fsp3) is 0.188. The molecule has 0 aliphatic carbocycles. The third kappa shape index (κ3) is 2.58. The largest absolute Gasteiger partial charge is 0.384 e. The Balaban J connectivity index is 2.41. The maximum absolute atomic E-state index is 10.4. The highest BCUT2D eigenvalue weighted by Gasteiger charge is 2.11.